The molecule has 0 saturated heterocycles. The number of nitrogens with zero attached hydrogens (tertiary/aromatic N) is 1. The van der Waals surface area contributed by atoms with Crippen molar-refractivity contribution in [2.45, 2.75) is 23.3 Å². The normalized spacial score (nSPS) is 17.0. The summed E-state index contributed by atoms with van der Waals surface area (Å²) in [7, 11) is 0. The first-order valence-corrected chi connectivity index (χ1v) is 8.54. The Morgan fingerprint density at radius 1 is 1.18 bits per heavy atom. The molecule has 3 nitrogen and oxygen atoms in total. The number of aliphatic hydroxyl groups is 2. The molecule has 1 unspecified atom stereocenters. The van der Waals surface area contributed by atoms with Crippen molar-refractivity contribution in [2.24, 2.45) is 0 Å². The van der Waals surface area contributed by atoms with Gasteiger partial charge < -0.3 is 10.2 Å². The summed E-state index contributed by atoms with van der Waals surface area (Å²) < 4.78 is 1.55. The standard InChI is InChI=1S/C17H18ClNO2S/c18-19(7-8-20)10-12-5-6-13-11-22-16-4-2-1-3-14(16)17(21)15(13)9-12/h1-6,9,17,20-21H,7-8,10-11H2. The first-order chi connectivity index (χ1) is 10.7. The highest BCUT2D eigenvalue weighted by molar-refractivity contribution is 7.98. The van der Waals surface area contributed by atoms with E-state index < -0.39 is 6.10 Å². The maximum atomic E-state index is 10.8. The highest BCUT2D eigenvalue weighted by atomic mass is 35.5. The Morgan fingerprint density at radius 3 is 2.82 bits per heavy atom. The number of hydrogen-bond acceptors (Lipinski definition) is 4. The lowest BCUT2D eigenvalue weighted by atomic mass is 9.95. The van der Waals surface area contributed by atoms with E-state index >= 15 is 0 Å². The Labute approximate surface area is 139 Å². The first-order valence-electron chi connectivity index (χ1n) is 7.22. The summed E-state index contributed by atoms with van der Waals surface area (Å²) in [5.41, 5.74) is 4.09. The van der Waals surface area contributed by atoms with Gasteiger partial charge in [-0.3, -0.25) is 0 Å². The predicted molar refractivity (Wildman–Crippen MR) is 89.9 cm³/mol. The van der Waals surface area contributed by atoms with E-state index in [2.05, 4.69) is 12.1 Å². The Balaban J connectivity index is 1.92. The molecule has 0 spiro atoms. The average molecular weight is 336 g/mol. The lowest BCUT2D eigenvalue weighted by molar-refractivity contribution is 0.216. The zero-order valence-electron chi connectivity index (χ0n) is 12.1. The van der Waals surface area contributed by atoms with Crippen LogP contribution in [0, 0.1) is 0 Å². The number of halogens is 1. The topological polar surface area (TPSA) is 43.7 Å². The van der Waals surface area contributed by atoms with Gasteiger partial charge in [-0.05, 0) is 40.1 Å². The largest absolute Gasteiger partial charge is 0.395 e. The predicted octanol–water partition coefficient (Wildman–Crippen LogP) is 3.32. The second-order valence-electron chi connectivity index (χ2n) is 5.33. The maximum absolute atomic E-state index is 10.8. The van der Waals surface area contributed by atoms with Crippen molar-refractivity contribution in [3.63, 3.8) is 0 Å². The fraction of sp³-hybridized carbons (Fsp3) is 0.294. The summed E-state index contributed by atoms with van der Waals surface area (Å²) in [5, 5.41) is 19.7. The molecule has 1 heterocycles. The van der Waals surface area contributed by atoms with Crippen LogP contribution >= 0.6 is 23.5 Å². The molecule has 0 fully saturated rings. The fourth-order valence-corrected chi connectivity index (χ4v) is 3.98. The van der Waals surface area contributed by atoms with E-state index in [1.165, 1.54) is 0 Å². The number of rotatable bonds is 4. The molecule has 116 valence electrons. The summed E-state index contributed by atoms with van der Waals surface area (Å²) in [6.45, 7) is 0.984. The Kier molecular flexibility index (Phi) is 5.06. The van der Waals surface area contributed by atoms with Crippen LogP contribution in [0.25, 0.3) is 0 Å². The van der Waals surface area contributed by atoms with Crippen molar-refractivity contribution >= 4 is 23.5 Å². The van der Waals surface area contributed by atoms with Gasteiger partial charge >= 0.3 is 0 Å². The van der Waals surface area contributed by atoms with E-state index in [1.807, 2.05) is 30.3 Å². The first kappa shape index (κ1) is 15.8. The summed E-state index contributed by atoms with van der Waals surface area (Å²) in [5.74, 6) is 0.852. The summed E-state index contributed by atoms with van der Waals surface area (Å²) >= 11 is 7.81. The van der Waals surface area contributed by atoms with Gasteiger partial charge in [-0.25, -0.2) is 4.42 Å². The molecule has 0 aliphatic carbocycles. The Morgan fingerprint density at radius 2 is 2.00 bits per heavy atom. The van der Waals surface area contributed by atoms with Gasteiger partial charge in [0.2, 0.25) is 0 Å². The number of thioether (sulfide) groups is 1. The van der Waals surface area contributed by atoms with Gasteiger partial charge in [0.1, 0.15) is 6.10 Å². The third-order valence-corrected chi connectivity index (χ3v) is 5.23. The van der Waals surface area contributed by atoms with Crippen LogP contribution in [-0.4, -0.2) is 27.8 Å². The third-order valence-electron chi connectivity index (χ3n) is 3.80. The summed E-state index contributed by atoms with van der Waals surface area (Å²) in [6, 6.07) is 14.1. The quantitative estimate of drug-likeness (QED) is 0.841. The maximum Gasteiger partial charge on any atom is 0.105 e. The number of benzene rings is 2. The van der Waals surface area contributed by atoms with Crippen LogP contribution in [0.5, 0.6) is 0 Å². The Bertz CT molecular complexity index is 665. The minimum atomic E-state index is -0.609. The molecule has 2 aromatic carbocycles. The average Bonchev–Trinajstić information content (AvgIpc) is 2.66. The van der Waals surface area contributed by atoms with Gasteiger partial charge in [0.25, 0.3) is 0 Å². The lowest BCUT2D eigenvalue weighted by Crippen LogP contribution is -2.16. The highest BCUT2D eigenvalue weighted by Gasteiger charge is 2.22. The third kappa shape index (κ3) is 3.31. The smallest absolute Gasteiger partial charge is 0.105 e. The lowest BCUT2D eigenvalue weighted by Gasteiger charge is -2.17. The molecular formula is C17H18ClNO2S. The van der Waals surface area contributed by atoms with E-state index in [9.17, 15) is 5.11 Å². The van der Waals surface area contributed by atoms with Crippen LogP contribution < -0.4 is 0 Å². The van der Waals surface area contributed by atoms with Crippen LogP contribution in [0.15, 0.2) is 47.4 Å². The van der Waals surface area contributed by atoms with E-state index in [-0.39, 0.29) is 6.61 Å². The van der Waals surface area contributed by atoms with Crippen molar-refractivity contribution in [3.8, 4) is 0 Å². The number of aliphatic hydroxyl groups excluding tert-OH is 2. The zero-order valence-corrected chi connectivity index (χ0v) is 13.6. The van der Waals surface area contributed by atoms with Crippen molar-refractivity contribution in [3.05, 3.63) is 64.7 Å². The van der Waals surface area contributed by atoms with E-state index in [1.54, 1.807) is 16.2 Å². The summed E-state index contributed by atoms with van der Waals surface area (Å²) in [4.78, 5) is 1.13. The van der Waals surface area contributed by atoms with Gasteiger partial charge in [-0.1, -0.05) is 36.4 Å². The number of fused-ring (bicyclic) bond motifs is 2. The highest BCUT2D eigenvalue weighted by Crippen LogP contribution is 2.39. The SMILES string of the molecule is OCCN(Cl)Cc1ccc2c(c1)C(O)c1ccccc1SC2. The van der Waals surface area contributed by atoms with Gasteiger partial charge in [0, 0.05) is 23.7 Å². The minimum Gasteiger partial charge on any atom is -0.395 e. The van der Waals surface area contributed by atoms with Gasteiger partial charge in [0.05, 0.1) is 6.61 Å². The molecule has 2 aromatic rings. The van der Waals surface area contributed by atoms with Crippen LogP contribution in [0.4, 0.5) is 0 Å². The zero-order chi connectivity index (χ0) is 15.5. The van der Waals surface area contributed by atoms with Gasteiger partial charge in [-0.2, -0.15) is 0 Å². The van der Waals surface area contributed by atoms with Crippen LogP contribution in [0.2, 0.25) is 0 Å². The molecule has 0 bridgehead atoms. The monoisotopic (exact) mass is 335 g/mol. The molecule has 5 heteroatoms. The second kappa shape index (κ2) is 7.02. The second-order valence-corrected chi connectivity index (χ2v) is 6.83. The minimum absolute atomic E-state index is 0.0289. The molecule has 1 atom stereocenters. The van der Waals surface area contributed by atoms with Crippen molar-refractivity contribution < 1.29 is 10.2 Å². The number of hydrogen-bond donors (Lipinski definition) is 2. The molecular weight excluding hydrogens is 318 g/mol. The molecule has 0 radical (unpaired) electrons. The van der Waals surface area contributed by atoms with Crippen LogP contribution in [-0.2, 0) is 12.3 Å². The van der Waals surface area contributed by atoms with E-state index in [4.69, 9.17) is 16.9 Å². The van der Waals surface area contributed by atoms with E-state index in [0.717, 1.165) is 32.9 Å². The molecule has 0 saturated carbocycles. The molecule has 0 amide bonds. The van der Waals surface area contributed by atoms with Crippen LogP contribution in [0.1, 0.15) is 28.4 Å². The van der Waals surface area contributed by atoms with Gasteiger partial charge in [-0.15, -0.1) is 11.8 Å². The summed E-state index contributed by atoms with van der Waals surface area (Å²) in [6.07, 6.45) is -0.609. The van der Waals surface area contributed by atoms with E-state index in [0.29, 0.717) is 13.1 Å². The Hall–Kier alpha value is -1.04. The molecule has 1 aliphatic rings. The molecule has 0 aromatic heterocycles. The molecule has 22 heavy (non-hydrogen) atoms. The molecule has 3 rings (SSSR count). The van der Waals surface area contributed by atoms with Crippen molar-refractivity contribution in [1.82, 2.24) is 4.42 Å². The fourth-order valence-electron chi connectivity index (χ4n) is 2.68. The van der Waals surface area contributed by atoms with Gasteiger partial charge in [0.15, 0.2) is 0 Å². The van der Waals surface area contributed by atoms with Crippen molar-refractivity contribution in [2.75, 3.05) is 13.2 Å². The van der Waals surface area contributed by atoms with Crippen LogP contribution in [0.3, 0.4) is 0 Å². The molecule has 1 aliphatic heterocycles. The molecule has 2 N–H and O–H groups in total. The van der Waals surface area contributed by atoms with Crippen molar-refractivity contribution in [1.29, 1.82) is 0 Å².